The third-order valence-corrected chi connectivity index (χ3v) is 4.64. The summed E-state index contributed by atoms with van der Waals surface area (Å²) in [5.41, 5.74) is 5.66. The molecule has 0 unspecified atom stereocenters. The van der Waals surface area contributed by atoms with Gasteiger partial charge < -0.3 is 15.0 Å². The molecule has 4 aromatic rings. The average Bonchev–Trinajstić information content (AvgIpc) is 3.11. The van der Waals surface area contributed by atoms with Gasteiger partial charge in [-0.25, -0.2) is 0 Å². The lowest BCUT2D eigenvalue weighted by atomic mass is 10.1. The third-order valence-electron chi connectivity index (χ3n) is 4.64. The summed E-state index contributed by atoms with van der Waals surface area (Å²) in [7, 11) is 1.66. The maximum atomic E-state index is 11.2. The predicted molar refractivity (Wildman–Crippen MR) is 118 cm³/mol. The van der Waals surface area contributed by atoms with Gasteiger partial charge in [-0.15, -0.1) is 0 Å². The van der Waals surface area contributed by atoms with Gasteiger partial charge in [0.25, 0.3) is 0 Å². The molecule has 3 aromatic carbocycles. The van der Waals surface area contributed by atoms with Crippen molar-refractivity contribution in [3.8, 4) is 17.0 Å². The Hall–Kier alpha value is -3.86. The van der Waals surface area contributed by atoms with E-state index in [9.17, 15) is 4.79 Å². The molecule has 0 fully saturated rings. The Bertz CT molecular complexity index is 1180. The largest absolute Gasteiger partial charge is 0.497 e. The molecule has 1 heterocycles. The van der Waals surface area contributed by atoms with Crippen LogP contribution in [0.5, 0.6) is 5.75 Å². The van der Waals surface area contributed by atoms with Crippen LogP contribution >= 0.6 is 0 Å². The van der Waals surface area contributed by atoms with Crippen molar-refractivity contribution in [1.29, 1.82) is 0 Å². The lowest BCUT2D eigenvalue weighted by Gasteiger charge is -2.03. The van der Waals surface area contributed by atoms with E-state index < -0.39 is 0 Å². The smallest absolute Gasteiger partial charge is 0.221 e. The number of carbonyl (C=O) groups excluding carboxylic acids is 1. The number of hydrogen-bond acceptors (Lipinski definition) is 3. The van der Waals surface area contributed by atoms with Crippen molar-refractivity contribution in [2.45, 2.75) is 6.92 Å². The van der Waals surface area contributed by atoms with Crippen LogP contribution in [0.1, 0.15) is 12.5 Å². The van der Waals surface area contributed by atoms with Crippen LogP contribution in [-0.4, -0.2) is 24.2 Å². The average molecular weight is 383 g/mol. The number of nitrogens with zero attached hydrogens (tertiary/aromatic N) is 1. The summed E-state index contributed by atoms with van der Waals surface area (Å²) < 4.78 is 5.41. The number of aromatic amines is 1. The first-order valence-corrected chi connectivity index (χ1v) is 9.31. The molecule has 1 amide bonds. The highest BCUT2D eigenvalue weighted by molar-refractivity contribution is 6.06. The van der Waals surface area contributed by atoms with E-state index >= 15 is 0 Å². The first-order chi connectivity index (χ1) is 14.1. The Morgan fingerprint density at radius 3 is 2.48 bits per heavy atom. The Morgan fingerprint density at radius 1 is 1.03 bits per heavy atom. The number of fused-ring (bicyclic) bond motifs is 1. The molecular weight excluding hydrogens is 362 g/mol. The van der Waals surface area contributed by atoms with Gasteiger partial charge in [-0.1, -0.05) is 30.3 Å². The highest BCUT2D eigenvalue weighted by atomic mass is 16.5. The normalized spacial score (nSPS) is 11.1. The van der Waals surface area contributed by atoms with Crippen LogP contribution in [-0.2, 0) is 4.79 Å². The third kappa shape index (κ3) is 4.04. The van der Waals surface area contributed by atoms with Gasteiger partial charge in [0.15, 0.2) is 0 Å². The molecule has 1 aromatic heterocycles. The number of amides is 1. The van der Waals surface area contributed by atoms with E-state index in [1.54, 1.807) is 7.11 Å². The molecule has 0 saturated carbocycles. The molecule has 5 heteroatoms. The number of carbonyl (C=O) groups is 1. The van der Waals surface area contributed by atoms with E-state index in [-0.39, 0.29) is 5.91 Å². The van der Waals surface area contributed by atoms with Gasteiger partial charge in [-0.05, 0) is 48.0 Å². The van der Waals surface area contributed by atoms with E-state index in [2.05, 4.69) is 27.4 Å². The molecule has 0 bridgehead atoms. The van der Waals surface area contributed by atoms with E-state index in [1.165, 1.54) is 6.92 Å². The summed E-state index contributed by atoms with van der Waals surface area (Å²) in [5, 5.41) is 3.80. The van der Waals surface area contributed by atoms with Gasteiger partial charge >= 0.3 is 0 Å². The fourth-order valence-corrected chi connectivity index (χ4v) is 3.26. The highest BCUT2D eigenvalue weighted by Crippen LogP contribution is 2.32. The zero-order valence-electron chi connectivity index (χ0n) is 16.3. The van der Waals surface area contributed by atoms with Gasteiger partial charge in [0, 0.05) is 35.3 Å². The van der Waals surface area contributed by atoms with E-state index in [4.69, 9.17) is 4.74 Å². The Balaban J connectivity index is 1.76. The summed E-state index contributed by atoms with van der Waals surface area (Å²) in [6.07, 6.45) is 1.87. The minimum Gasteiger partial charge on any atom is -0.497 e. The van der Waals surface area contributed by atoms with Crippen molar-refractivity contribution in [2.24, 2.45) is 4.99 Å². The van der Waals surface area contributed by atoms with Crippen molar-refractivity contribution >= 4 is 34.4 Å². The van der Waals surface area contributed by atoms with Gasteiger partial charge in [-0.3, -0.25) is 9.79 Å². The quantitative estimate of drug-likeness (QED) is 0.444. The number of rotatable bonds is 5. The van der Waals surface area contributed by atoms with E-state index in [1.807, 2.05) is 66.9 Å². The molecule has 2 N–H and O–H groups in total. The van der Waals surface area contributed by atoms with Crippen molar-refractivity contribution in [3.63, 3.8) is 0 Å². The molecule has 0 aliphatic heterocycles. The van der Waals surface area contributed by atoms with Gasteiger partial charge in [-0.2, -0.15) is 0 Å². The highest BCUT2D eigenvalue weighted by Gasteiger charge is 2.12. The number of ether oxygens (including phenoxy) is 1. The summed E-state index contributed by atoms with van der Waals surface area (Å²) in [5.74, 6) is 0.701. The standard InChI is InChI=1S/C24H21N3O2/c1-16(28)26-19-10-8-18(9-11-19)25-15-22-21-14-20(29-2)12-13-23(21)27-24(22)17-6-4-3-5-7-17/h3-15,27H,1-2H3,(H,26,28). The van der Waals surface area contributed by atoms with Gasteiger partial charge in [0.2, 0.25) is 5.91 Å². The zero-order chi connectivity index (χ0) is 20.2. The number of methoxy groups -OCH3 is 1. The van der Waals surface area contributed by atoms with Crippen molar-refractivity contribution in [3.05, 3.63) is 78.4 Å². The summed E-state index contributed by atoms with van der Waals surface area (Å²) in [6.45, 7) is 1.49. The first-order valence-electron chi connectivity index (χ1n) is 9.31. The summed E-state index contributed by atoms with van der Waals surface area (Å²) >= 11 is 0. The number of nitrogens with one attached hydrogen (secondary N) is 2. The maximum absolute atomic E-state index is 11.2. The van der Waals surface area contributed by atoms with Gasteiger partial charge in [0.1, 0.15) is 5.75 Å². The lowest BCUT2D eigenvalue weighted by Crippen LogP contribution is -2.04. The summed E-state index contributed by atoms with van der Waals surface area (Å²) in [4.78, 5) is 19.3. The Kier molecular flexibility index (Phi) is 5.12. The SMILES string of the molecule is COc1ccc2[nH]c(-c3ccccc3)c(C=Nc3ccc(NC(C)=O)cc3)c2c1. The van der Waals surface area contributed by atoms with Crippen LogP contribution in [0.2, 0.25) is 0 Å². The van der Waals surface area contributed by atoms with Gasteiger partial charge in [0.05, 0.1) is 18.5 Å². The fourth-order valence-electron chi connectivity index (χ4n) is 3.26. The molecule has 0 aliphatic carbocycles. The van der Waals surface area contributed by atoms with Crippen LogP contribution in [0.15, 0.2) is 77.8 Å². The molecule has 144 valence electrons. The monoisotopic (exact) mass is 383 g/mol. The van der Waals surface area contributed by atoms with Crippen LogP contribution < -0.4 is 10.1 Å². The second-order valence-electron chi connectivity index (χ2n) is 6.68. The predicted octanol–water partition coefficient (Wildman–Crippen LogP) is 5.55. The minimum atomic E-state index is -0.0958. The number of aliphatic imine (C=N–C) groups is 1. The lowest BCUT2D eigenvalue weighted by molar-refractivity contribution is -0.114. The van der Waals surface area contributed by atoms with E-state index in [0.29, 0.717) is 0 Å². The number of aromatic nitrogens is 1. The number of H-pyrrole nitrogens is 1. The topological polar surface area (TPSA) is 66.5 Å². The molecular formula is C24H21N3O2. The Labute approximate surface area is 169 Å². The van der Waals surface area contributed by atoms with Crippen molar-refractivity contribution < 1.29 is 9.53 Å². The minimum absolute atomic E-state index is 0.0958. The molecule has 0 saturated heterocycles. The number of anilines is 1. The molecule has 5 nitrogen and oxygen atoms in total. The van der Waals surface area contributed by atoms with Crippen molar-refractivity contribution in [2.75, 3.05) is 12.4 Å². The number of hydrogen-bond donors (Lipinski definition) is 2. The van der Waals surface area contributed by atoms with E-state index in [0.717, 1.165) is 44.8 Å². The molecule has 0 aliphatic rings. The Morgan fingerprint density at radius 2 is 1.79 bits per heavy atom. The van der Waals surface area contributed by atoms with Crippen LogP contribution in [0.4, 0.5) is 11.4 Å². The molecule has 0 spiro atoms. The molecule has 4 rings (SSSR count). The molecule has 29 heavy (non-hydrogen) atoms. The second kappa shape index (κ2) is 8.02. The van der Waals surface area contributed by atoms with Crippen LogP contribution in [0.25, 0.3) is 22.2 Å². The number of benzene rings is 3. The second-order valence-corrected chi connectivity index (χ2v) is 6.68. The molecule has 0 radical (unpaired) electrons. The maximum Gasteiger partial charge on any atom is 0.221 e. The van der Waals surface area contributed by atoms with Crippen LogP contribution in [0.3, 0.4) is 0 Å². The van der Waals surface area contributed by atoms with Crippen LogP contribution in [0, 0.1) is 0 Å². The fraction of sp³-hybridized carbons (Fsp3) is 0.0833. The summed E-state index contributed by atoms with van der Waals surface area (Å²) in [6, 6.07) is 23.6. The zero-order valence-corrected chi connectivity index (χ0v) is 16.3. The molecule has 0 atom stereocenters. The van der Waals surface area contributed by atoms with Crippen molar-refractivity contribution in [1.82, 2.24) is 4.98 Å². The first kappa shape index (κ1) is 18.5.